The fraction of sp³-hybridized carbons (Fsp3) is 0.321. The van der Waals surface area contributed by atoms with E-state index in [0.29, 0.717) is 24.6 Å². The van der Waals surface area contributed by atoms with E-state index in [1.807, 2.05) is 75.4 Å². The van der Waals surface area contributed by atoms with Crippen LogP contribution in [0.2, 0.25) is 0 Å². The van der Waals surface area contributed by atoms with Crippen LogP contribution in [0.3, 0.4) is 0 Å². The van der Waals surface area contributed by atoms with Crippen molar-refractivity contribution in [1.82, 2.24) is 10.2 Å². The number of nitrogens with one attached hydrogen (secondary N) is 1. The van der Waals surface area contributed by atoms with Crippen molar-refractivity contribution >= 4 is 34.2 Å². The number of carbonyl (C=O) groups excluding carboxylic acids is 3. The van der Waals surface area contributed by atoms with Crippen LogP contribution in [0.25, 0.3) is 10.8 Å². The average Bonchev–Trinajstić information content (AvgIpc) is 3.09. The number of anilines is 1. The third kappa shape index (κ3) is 4.53. The van der Waals surface area contributed by atoms with E-state index < -0.39 is 6.04 Å². The summed E-state index contributed by atoms with van der Waals surface area (Å²) >= 11 is 0. The van der Waals surface area contributed by atoms with Crippen molar-refractivity contribution in [3.05, 3.63) is 77.4 Å². The van der Waals surface area contributed by atoms with E-state index in [4.69, 9.17) is 0 Å². The van der Waals surface area contributed by atoms with Crippen LogP contribution >= 0.6 is 0 Å². The molecule has 176 valence electrons. The summed E-state index contributed by atoms with van der Waals surface area (Å²) < 4.78 is 0. The Morgan fingerprint density at radius 1 is 0.971 bits per heavy atom. The molecule has 6 nitrogen and oxygen atoms in total. The topological polar surface area (TPSA) is 69.7 Å². The molecule has 1 unspecified atom stereocenters. The van der Waals surface area contributed by atoms with Crippen LogP contribution in [0.5, 0.6) is 0 Å². The van der Waals surface area contributed by atoms with E-state index in [-0.39, 0.29) is 24.3 Å². The molecular formula is C28H31N3O3. The fourth-order valence-electron chi connectivity index (χ4n) is 4.37. The Kier molecular flexibility index (Phi) is 6.68. The standard InChI is InChI=1S/C28H31N3O3/c1-18(2)15-29-27(33)20(4)30(16-22-10-6-5-9-19(22)3)25(32)17-31-24-14-8-12-21-11-7-13-23(26(21)24)28(31)34/h5-14,18,20H,15-17H2,1-4H3,(H,29,33). The Balaban J connectivity index is 1.62. The SMILES string of the molecule is Cc1ccccc1CN(C(=O)CN1C(=O)c2cccc3cccc1c23)C(C)C(=O)NCC(C)C. The minimum atomic E-state index is -0.679. The summed E-state index contributed by atoms with van der Waals surface area (Å²) in [5.41, 5.74) is 3.36. The molecule has 0 radical (unpaired) electrons. The van der Waals surface area contributed by atoms with Crippen LogP contribution in [0.1, 0.15) is 42.3 Å². The Morgan fingerprint density at radius 2 is 1.68 bits per heavy atom. The van der Waals surface area contributed by atoms with Crippen molar-refractivity contribution in [3.8, 4) is 0 Å². The smallest absolute Gasteiger partial charge is 0.259 e. The lowest BCUT2D eigenvalue weighted by Crippen LogP contribution is -2.51. The fourth-order valence-corrected chi connectivity index (χ4v) is 4.37. The molecule has 3 aromatic carbocycles. The first-order chi connectivity index (χ1) is 16.3. The number of carbonyl (C=O) groups is 3. The van der Waals surface area contributed by atoms with Gasteiger partial charge in [-0.15, -0.1) is 0 Å². The van der Waals surface area contributed by atoms with Crippen LogP contribution in [-0.2, 0) is 16.1 Å². The minimum Gasteiger partial charge on any atom is -0.354 e. The maximum atomic E-state index is 13.7. The molecule has 4 rings (SSSR count). The first kappa shape index (κ1) is 23.5. The lowest BCUT2D eigenvalue weighted by Gasteiger charge is -2.31. The predicted molar refractivity (Wildman–Crippen MR) is 135 cm³/mol. The number of hydrogen-bond donors (Lipinski definition) is 1. The van der Waals surface area contributed by atoms with E-state index in [1.54, 1.807) is 17.9 Å². The molecule has 34 heavy (non-hydrogen) atoms. The Morgan fingerprint density at radius 3 is 2.38 bits per heavy atom. The Bertz CT molecular complexity index is 1250. The Hall–Kier alpha value is -3.67. The minimum absolute atomic E-state index is 0.125. The molecule has 1 heterocycles. The lowest BCUT2D eigenvalue weighted by atomic mass is 10.1. The lowest BCUT2D eigenvalue weighted by molar-refractivity contribution is -0.139. The molecule has 0 spiro atoms. The van der Waals surface area contributed by atoms with Gasteiger partial charge in [0.25, 0.3) is 5.91 Å². The van der Waals surface area contributed by atoms with Crippen molar-refractivity contribution < 1.29 is 14.4 Å². The first-order valence-corrected chi connectivity index (χ1v) is 11.7. The predicted octanol–water partition coefficient (Wildman–Crippen LogP) is 4.30. The summed E-state index contributed by atoms with van der Waals surface area (Å²) in [5, 5.41) is 4.78. The van der Waals surface area contributed by atoms with Gasteiger partial charge in [0.05, 0.1) is 5.69 Å². The molecule has 0 saturated heterocycles. The summed E-state index contributed by atoms with van der Waals surface area (Å²) in [5.74, 6) is -0.354. The number of benzene rings is 3. The maximum Gasteiger partial charge on any atom is 0.259 e. The van der Waals surface area contributed by atoms with Crippen molar-refractivity contribution in [3.63, 3.8) is 0 Å². The zero-order valence-electron chi connectivity index (χ0n) is 20.2. The molecule has 1 N–H and O–H groups in total. The molecule has 6 heteroatoms. The molecule has 1 aliphatic heterocycles. The van der Waals surface area contributed by atoms with Crippen molar-refractivity contribution in [2.45, 2.75) is 40.3 Å². The quantitative estimate of drug-likeness (QED) is 0.548. The van der Waals surface area contributed by atoms with Gasteiger partial charge < -0.3 is 10.2 Å². The molecule has 1 atom stereocenters. The second kappa shape index (κ2) is 9.67. The molecule has 0 fully saturated rings. The van der Waals surface area contributed by atoms with Crippen LogP contribution < -0.4 is 10.2 Å². The maximum absolute atomic E-state index is 13.7. The monoisotopic (exact) mass is 457 g/mol. The summed E-state index contributed by atoms with van der Waals surface area (Å²) in [6, 6.07) is 18.5. The van der Waals surface area contributed by atoms with Gasteiger partial charge in [-0.2, -0.15) is 0 Å². The second-order valence-electron chi connectivity index (χ2n) is 9.34. The van der Waals surface area contributed by atoms with Gasteiger partial charge in [0.2, 0.25) is 11.8 Å². The van der Waals surface area contributed by atoms with Gasteiger partial charge in [-0.1, -0.05) is 62.4 Å². The van der Waals surface area contributed by atoms with Crippen LogP contribution in [0, 0.1) is 12.8 Å². The van der Waals surface area contributed by atoms with Gasteiger partial charge in [0.1, 0.15) is 12.6 Å². The average molecular weight is 458 g/mol. The molecule has 0 aliphatic carbocycles. The first-order valence-electron chi connectivity index (χ1n) is 11.7. The van der Waals surface area contributed by atoms with E-state index in [9.17, 15) is 14.4 Å². The van der Waals surface area contributed by atoms with Crippen molar-refractivity contribution in [1.29, 1.82) is 0 Å². The number of nitrogens with zero attached hydrogens (tertiary/aromatic N) is 2. The zero-order valence-corrected chi connectivity index (χ0v) is 20.2. The van der Waals surface area contributed by atoms with Gasteiger partial charge in [-0.05, 0) is 48.4 Å². The number of rotatable bonds is 8. The van der Waals surface area contributed by atoms with E-state index in [0.717, 1.165) is 27.6 Å². The van der Waals surface area contributed by atoms with E-state index in [1.165, 1.54) is 4.90 Å². The second-order valence-corrected chi connectivity index (χ2v) is 9.34. The summed E-state index contributed by atoms with van der Waals surface area (Å²) in [7, 11) is 0. The normalized spacial score (nSPS) is 13.4. The number of hydrogen-bond acceptors (Lipinski definition) is 3. The highest BCUT2D eigenvalue weighted by atomic mass is 16.2. The molecule has 0 saturated carbocycles. The van der Waals surface area contributed by atoms with Crippen molar-refractivity contribution in [2.75, 3.05) is 18.0 Å². The third-order valence-corrected chi connectivity index (χ3v) is 6.40. The van der Waals surface area contributed by atoms with Gasteiger partial charge in [0.15, 0.2) is 0 Å². The van der Waals surface area contributed by atoms with Crippen LogP contribution in [-0.4, -0.2) is 41.8 Å². The van der Waals surface area contributed by atoms with E-state index >= 15 is 0 Å². The largest absolute Gasteiger partial charge is 0.354 e. The zero-order chi connectivity index (χ0) is 24.4. The van der Waals surface area contributed by atoms with E-state index in [2.05, 4.69) is 5.32 Å². The molecule has 0 aromatic heterocycles. The molecule has 0 bridgehead atoms. The summed E-state index contributed by atoms with van der Waals surface area (Å²) in [4.78, 5) is 42.9. The van der Waals surface area contributed by atoms with Crippen LogP contribution in [0.15, 0.2) is 60.7 Å². The van der Waals surface area contributed by atoms with Gasteiger partial charge in [-0.3, -0.25) is 19.3 Å². The third-order valence-electron chi connectivity index (χ3n) is 6.40. The molecule has 1 aliphatic rings. The Labute approximate surface area is 200 Å². The molecule has 3 amide bonds. The van der Waals surface area contributed by atoms with Gasteiger partial charge in [0, 0.05) is 24.0 Å². The van der Waals surface area contributed by atoms with Crippen LogP contribution in [0.4, 0.5) is 5.69 Å². The summed E-state index contributed by atoms with van der Waals surface area (Å²) in [6.07, 6.45) is 0. The highest BCUT2D eigenvalue weighted by molar-refractivity contribution is 6.26. The summed E-state index contributed by atoms with van der Waals surface area (Å²) in [6.45, 7) is 8.49. The number of amides is 3. The molecule has 3 aromatic rings. The highest BCUT2D eigenvalue weighted by Crippen LogP contribution is 2.37. The highest BCUT2D eigenvalue weighted by Gasteiger charge is 2.34. The van der Waals surface area contributed by atoms with Crippen molar-refractivity contribution in [2.24, 2.45) is 5.92 Å². The van der Waals surface area contributed by atoms with Gasteiger partial charge in [-0.25, -0.2) is 0 Å². The number of aryl methyl sites for hydroxylation is 1. The van der Waals surface area contributed by atoms with Gasteiger partial charge >= 0.3 is 0 Å². The molecular weight excluding hydrogens is 426 g/mol.